The Kier molecular flexibility index (Phi) is 10.1. The van der Waals surface area contributed by atoms with Gasteiger partial charge in [0, 0.05) is 35.3 Å². The van der Waals surface area contributed by atoms with Gasteiger partial charge in [0.15, 0.2) is 35.3 Å². The van der Waals surface area contributed by atoms with Crippen LogP contribution in [0.2, 0.25) is 0 Å². The number of thioether (sulfide) groups is 1. The monoisotopic (exact) mass is 725 g/mol. The number of nitrogens with one attached hydrogen (secondary N) is 1. The van der Waals surface area contributed by atoms with Gasteiger partial charge in [-0.3, -0.25) is 0 Å². The number of rotatable bonds is 8. The Labute approximate surface area is 288 Å². The Hall–Kier alpha value is -3.93. The lowest BCUT2D eigenvalue weighted by molar-refractivity contribution is -0.628. The van der Waals surface area contributed by atoms with Crippen molar-refractivity contribution in [2.75, 3.05) is 20.0 Å². The van der Waals surface area contributed by atoms with Crippen molar-refractivity contribution in [1.82, 2.24) is 35.5 Å². The molecule has 49 heavy (non-hydrogen) atoms. The number of allylic oxidation sites excluding steroid dienone is 1. The van der Waals surface area contributed by atoms with Crippen LogP contribution in [0.4, 0.5) is 17.6 Å². The van der Waals surface area contributed by atoms with Crippen LogP contribution in [-0.2, 0) is 9.47 Å². The number of halogens is 5. The Bertz CT molecular complexity index is 1740. The molecule has 12 nitrogen and oxygen atoms in total. The zero-order chi connectivity index (χ0) is 35.1. The van der Waals surface area contributed by atoms with Crippen LogP contribution in [0.15, 0.2) is 49.3 Å². The second-order valence-electron chi connectivity index (χ2n) is 11.9. The third-order valence-electron chi connectivity index (χ3n) is 8.90. The van der Waals surface area contributed by atoms with Gasteiger partial charge in [-0.25, -0.2) is 37.6 Å². The van der Waals surface area contributed by atoms with E-state index in [9.17, 15) is 18.3 Å². The first-order chi connectivity index (χ1) is 23.4. The zero-order valence-corrected chi connectivity index (χ0v) is 28.3. The highest BCUT2D eigenvalue weighted by molar-refractivity contribution is 8.00. The van der Waals surface area contributed by atoms with E-state index >= 15 is 4.39 Å². The summed E-state index contributed by atoms with van der Waals surface area (Å²) >= 11 is 7.27. The van der Waals surface area contributed by atoms with Gasteiger partial charge in [0.25, 0.3) is 0 Å². The van der Waals surface area contributed by atoms with Gasteiger partial charge in [0.1, 0.15) is 22.9 Å². The minimum Gasteiger partial charge on any atom is -0.481 e. The first-order valence-electron chi connectivity index (χ1n) is 15.2. The van der Waals surface area contributed by atoms with Crippen molar-refractivity contribution >= 4 is 35.3 Å². The van der Waals surface area contributed by atoms with E-state index in [-0.39, 0.29) is 34.8 Å². The molecule has 262 valence electrons. The number of hydrazone groups is 1. The number of nitrogens with zero attached hydrogens (tertiary/aromatic N) is 7. The summed E-state index contributed by atoms with van der Waals surface area (Å²) in [6, 6.07) is 0.818. The van der Waals surface area contributed by atoms with E-state index in [4.69, 9.17) is 25.8 Å². The normalized spacial score (nSPS) is 31.0. The lowest BCUT2D eigenvalue weighted by Crippen LogP contribution is -2.53. The summed E-state index contributed by atoms with van der Waals surface area (Å²) < 4.78 is 77.9. The highest BCUT2D eigenvalue weighted by atomic mass is 35.5. The average Bonchev–Trinajstić information content (AvgIpc) is 3.72. The molecule has 6 rings (SSSR count). The molecule has 3 aliphatic rings. The van der Waals surface area contributed by atoms with Crippen molar-refractivity contribution in [2.24, 2.45) is 17.8 Å². The van der Waals surface area contributed by atoms with Crippen molar-refractivity contribution < 1.29 is 41.6 Å². The molecule has 3 aliphatic heterocycles. The molecule has 18 heteroatoms. The fourth-order valence-electron chi connectivity index (χ4n) is 5.95. The van der Waals surface area contributed by atoms with Gasteiger partial charge >= 0.3 is 6.01 Å². The van der Waals surface area contributed by atoms with Crippen molar-refractivity contribution in [3.8, 4) is 17.3 Å². The Morgan fingerprint density at radius 2 is 1.86 bits per heavy atom. The van der Waals surface area contributed by atoms with Crippen molar-refractivity contribution in [3.63, 3.8) is 0 Å². The van der Waals surface area contributed by atoms with E-state index in [0.717, 1.165) is 23.9 Å². The Balaban J connectivity index is 1.23. The lowest BCUT2D eigenvalue weighted by atomic mass is 9.84. The second-order valence-corrected chi connectivity index (χ2v) is 13.4. The zero-order valence-electron chi connectivity index (χ0n) is 26.8. The van der Waals surface area contributed by atoms with Gasteiger partial charge in [-0.1, -0.05) is 47.2 Å². The van der Waals surface area contributed by atoms with Crippen LogP contribution in [-0.4, -0.2) is 95.4 Å². The van der Waals surface area contributed by atoms with E-state index in [1.807, 2.05) is 19.3 Å². The Morgan fingerprint density at radius 1 is 1.16 bits per heavy atom. The third-order valence-corrected chi connectivity index (χ3v) is 10.5. The molecule has 1 aromatic carbocycles. The third kappa shape index (κ3) is 6.80. The van der Waals surface area contributed by atoms with E-state index < -0.39 is 64.6 Å². The number of benzene rings is 1. The molecule has 0 amide bonds. The quantitative estimate of drug-likeness (QED) is 0.150. The molecule has 2 aromatic heterocycles. The first-order valence-corrected chi connectivity index (χ1v) is 16.7. The summed E-state index contributed by atoms with van der Waals surface area (Å²) in [7, 11) is 3.27. The summed E-state index contributed by atoms with van der Waals surface area (Å²) in [5, 5.41) is 21.3. The molecule has 2 N–H and O–H groups in total. The first kappa shape index (κ1) is 34.9. The number of hydrogen-bond acceptors (Lipinski definition) is 11. The minimum absolute atomic E-state index is 0.0139. The maximum Gasteiger partial charge on any atom is 0.316 e. The van der Waals surface area contributed by atoms with Crippen LogP contribution >= 0.6 is 23.4 Å². The number of ether oxygens (including phenoxy) is 3. The molecule has 2 unspecified atom stereocenters. The number of hydrazine groups is 2. The standard InChI is InChI=1S/C31H34ClF4N8O4S/c1-14-16(3)47-29(26(36)27(14)44-13-22(39-41-44)17-6-20(33)25(35)21(34)7-17)49-30-28(45)19(15(2)24(8-32)48-30)11-43-12-23(40-42(43)4)18-9-37-31(46-5)38-10-18/h6-7,9-15,19,24,26-30,40,45H,3,8H2,1-2,4-5H3/q+1/b43-11-/t14-,15?,19?,24+,26+,27-,28+,29-,30-/m0/s1. The molecule has 0 saturated carbocycles. The predicted octanol–water partition coefficient (Wildman–Crippen LogP) is 4.30. The maximum absolute atomic E-state index is 16.4. The minimum atomic E-state index is -1.72. The van der Waals surface area contributed by atoms with Crippen LogP contribution in [0.5, 0.6) is 6.01 Å². The summed E-state index contributed by atoms with van der Waals surface area (Å²) in [6.45, 7) is 7.58. The van der Waals surface area contributed by atoms with E-state index in [1.54, 1.807) is 36.2 Å². The SMILES string of the molecule is C=C1O[C@@H](S[C@@H]2O[C@H](CCl)C(C)C(/C=[N+]3/C=C(c4cnc(OC)nc4)NN3C)[C@H]2O)[C@H](F)[C@@H](n2cc(-c3cc(F)c(F)c(F)c3)nn2)[C@H]1C. The van der Waals surface area contributed by atoms with Crippen molar-refractivity contribution in [1.29, 1.82) is 0 Å². The summed E-state index contributed by atoms with van der Waals surface area (Å²) in [5.74, 6) is -5.32. The number of aliphatic hydroxyl groups excluding tert-OH is 1. The molecule has 0 spiro atoms. The van der Waals surface area contributed by atoms with E-state index in [0.29, 0.717) is 11.3 Å². The number of aliphatic hydroxyl groups is 1. The second kappa shape index (κ2) is 14.1. The van der Waals surface area contributed by atoms with Gasteiger partial charge in [-0.15, -0.1) is 16.7 Å². The highest BCUT2D eigenvalue weighted by Gasteiger charge is 2.50. The fraction of sp³-hybridized carbons (Fsp3) is 0.452. The number of methoxy groups -OCH3 is 1. The van der Waals surface area contributed by atoms with E-state index in [2.05, 4.69) is 32.3 Å². The lowest BCUT2D eigenvalue weighted by Gasteiger charge is -2.44. The van der Waals surface area contributed by atoms with Gasteiger partial charge < -0.3 is 19.3 Å². The molecule has 2 fully saturated rings. The van der Waals surface area contributed by atoms with Gasteiger partial charge in [0.2, 0.25) is 6.20 Å². The highest BCUT2D eigenvalue weighted by Crippen LogP contribution is 2.46. The van der Waals surface area contributed by atoms with Crippen LogP contribution in [0.25, 0.3) is 17.0 Å². The molecule has 0 bridgehead atoms. The molecule has 0 radical (unpaired) electrons. The summed E-state index contributed by atoms with van der Waals surface area (Å²) in [4.78, 5) is 8.30. The number of hydrogen-bond donors (Lipinski definition) is 2. The van der Waals surface area contributed by atoms with E-state index in [1.165, 1.54) is 18.0 Å². The van der Waals surface area contributed by atoms with Crippen molar-refractivity contribution in [2.45, 2.75) is 49.1 Å². The maximum atomic E-state index is 16.4. The smallest absolute Gasteiger partial charge is 0.316 e. The molecule has 9 atom stereocenters. The van der Waals surface area contributed by atoms with Crippen LogP contribution in [0.1, 0.15) is 25.5 Å². The predicted molar refractivity (Wildman–Crippen MR) is 172 cm³/mol. The van der Waals surface area contributed by atoms with Gasteiger partial charge in [-0.2, -0.15) is 0 Å². The molecule has 3 aromatic rings. The molecule has 5 heterocycles. The Morgan fingerprint density at radius 3 is 2.51 bits per heavy atom. The summed E-state index contributed by atoms with van der Waals surface area (Å²) in [6.07, 6.45) is 4.89. The van der Waals surface area contributed by atoms with Crippen LogP contribution in [0.3, 0.4) is 0 Å². The van der Waals surface area contributed by atoms with Crippen LogP contribution in [0, 0.1) is 35.2 Å². The molecular formula is C31H34ClF4N8O4S+. The number of aromatic nitrogens is 5. The largest absolute Gasteiger partial charge is 0.481 e. The fourth-order valence-corrected chi connectivity index (χ4v) is 7.60. The molecule has 0 aliphatic carbocycles. The summed E-state index contributed by atoms with van der Waals surface area (Å²) in [5.41, 5.74) is 2.43. The number of alkyl halides is 2. The average molecular weight is 726 g/mol. The topological polar surface area (TPSA) is 123 Å². The van der Waals surface area contributed by atoms with Gasteiger partial charge in [-0.05, 0) is 18.1 Å². The molecular weight excluding hydrogens is 692 g/mol. The van der Waals surface area contributed by atoms with Crippen molar-refractivity contribution in [3.05, 3.63) is 72.3 Å². The molecule has 2 saturated heterocycles. The van der Waals surface area contributed by atoms with Gasteiger partial charge in [0.05, 0.1) is 44.2 Å². The van der Waals surface area contributed by atoms with Crippen LogP contribution < -0.4 is 10.2 Å².